The van der Waals surface area contributed by atoms with Crippen LogP contribution in [0.15, 0.2) is 101 Å². The number of hydrogen-bond acceptors (Lipinski definition) is 11. The highest BCUT2D eigenvalue weighted by atomic mass is 32.2. The second kappa shape index (κ2) is 22.6. The normalized spacial score (nSPS) is 19.6. The smallest absolute Gasteiger partial charge is 0.357 e. The molecule has 6 N–H and O–H groups in total. The molecule has 8 rings (SSSR count). The van der Waals surface area contributed by atoms with Gasteiger partial charge >= 0.3 is 16.3 Å². The van der Waals surface area contributed by atoms with Crippen LogP contribution in [0.2, 0.25) is 0 Å². The van der Waals surface area contributed by atoms with Crippen LogP contribution in [-0.4, -0.2) is 127 Å². The standard InChI is InChI=1S/C56H68N4O15S4/c1-36-11-21-46-44(33-36)55(2,3)48(59(46)27-6-8-30-76(64,65)66)24-18-38-13-15-39-14-12-37(17-23-49-56(4,5)45-35-41(57-79(73,74)75)19-22-47(45)60(49)28-7-9-31-77(67,68)69)51-42-20-16-40(34-43(42)52(38)53(39)51)54(63)58(29-25-50(61)62)26-10-32-78(70,71)72/h11,16-24,33-35,39H,6-10,12-15,25-32H2,1-5H3,(H5-,57,61,62,63,64,65,66,67,68,69,70,71,72,73,74,75)/p+1. The first-order valence-corrected chi connectivity index (χ1v) is 32.6. The quantitative estimate of drug-likeness (QED) is 0.0294. The van der Waals surface area contributed by atoms with Gasteiger partial charge in [-0.15, -0.1) is 0 Å². The minimum absolute atomic E-state index is 0.126. The lowest BCUT2D eigenvalue weighted by Crippen LogP contribution is -2.34. The van der Waals surface area contributed by atoms with Crippen LogP contribution >= 0.6 is 0 Å². The molecule has 3 aliphatic carbocycles. The molecule has 0 spiro atoms. The number of anilines is 2. The summed E-state index contributed by atoms with van der Waals surface area (Å²) >= 11 is 0. The first kappa shape index (κ1) is 59.3. The summed E-state index contributed by atoms with van der Waals surface area (Å²) in [4.78, 5) is 29.6. The molecule has 426 valence electrons. The Labute approximate surface area is 463 Å². The highest BCUT2D eigenvalue weighted by molar-refractivity contribution is 7.87. The maximum Gasteiger partial charge on any atom is 0.357 e. The van der Waals surface area contributed by atoms with Crippen LogP contribution in [0.3, 0.4) is 0 Å². The van der Waals surface area contributed by atoms with Crippen LogP contribution in [0.4, 0.5) is 17.1 Å². The Kier molecular flexibility index (Phi) is 17.0. The van der Waals surface area contributed by atoms with E-state index in [2.05, 4.69) is 58.4 Å². The largest absolute Gasteiger partial charge is 0.481 e. The van der Waals surface area contributed by atoms with Crippen LogP contribution in [-0.2, 0) is 56.3 Å². The third-order valence-electron chi connectivity index (χ3n) is 15.8. The van der Waals surface area contributed by atoms with Crippen LogP contribution in [0.5, 0.6) is 0 Å². The van der Waals surface area contributed by atoms with Crippen molar-refractivity contribution in [2.24, 2.45) is 5.92 Å². The Morgan fingerprint density at radius 3 is 2.06 bits per heavy atom. The van der Waals surface area contributed by atoms with Crippen molar-refractivity contribution in [2.45, 2.75) is 110 Å². The van der Waals surface area contributed by atoms with E-state index >= 15 is 0 Å². The molecule has 1 amide bonds. The van der Waals surface area contributed by atoms with Crippen molar-refractivity contribution in [3.63, 3.8) is 0 Å². The van der Waals surface area contributed by atoms with Gasteiger partial charge in [0.1, 0.15) is 6.54 Å². The number of carbonyl (C=O) groups excluding carboxylic acids is 1. The summed E-state index contributed by atoms with van der Waals surface area (Å²) in [6.07, 6.45) is 12.2. The van der Waals surface area contributed by atoms with E-state index in [0.717, 1.165) is 91.3 Å². The van der Waals surface area contributed by atoms with Gasteiger partial charge in [-0.05, 0) is 165 Å². The molecule has 3 aromatic rings. The Balaban J connectivity index is 1.27. The average molecular weight is 1170 g/mol. The number of amides is 1. The lowest BCUT2D eigenvalue weighted by molar-refractivity contribution is -0.438. The van der Waals surface area contributed by atoms with E-state index in [-0.39, 0.29) is 55.3 Å². The van der Waals surface area contributed by atoms with Crippen molar-refractivity contribution in [2.75, 3.05) is 53.1 Å². The molecule has 19 nitrogen and oxygen atoms in total. The number of aliphatic carboxylic acids is 1. The minimum atomic E-state index is -4.60. The maximum atomic E-state index is 14.5. The fourth-order valence-electron chi connectivity index (χ4n) is 12.1. The zero-order valence-electron chi connectivity index (χ0n) is 44.9. The van der Waals surface area contributed by atoms with Gasteiger partial charge in [0.25, 0.3) is 36.3 Å². The van der Waals surface area contributed by atoms with Gasteiger partial charge in [-0.1, -0.05) is 43.7 Å². The molecule has 79 heavy (non-hydrogen) atoms. The molecule has 0 saturated carbocycles. The number of carboxylic acids is 1. The van der Waals surface area contributed by atoms with E-state index in [1.165, 1.54) is 11.0 Å². The summed E-state index contributed by atoms with van der Waals surface area (Å²) < 4.78 is 136. The summed E-state index contributed by atoms with van der Waals surface area (Å²) in [5.41, 5.74) is 12.5. The number of aryl methyl sites for hydroxylation is 1. The molecule has 5 aliphatic rings. The number of fused-ring (bicyclic) bond motifs is 5. The molecule has 1 unspecified atom stereocenters. The molecular formula is C56H69N4O15S4+. The summed E-state index contributed by atoms with van der Waals surface area (Å²) in [7, 11) is -17.3. The zero-order valence-corrected chi connectivity index (χ0v) is 48.2. The summed E-state index contributed by atoms with van der Waals surface area (Å²) in [5.74, 6) is -2.93. The number of nitrogens with one attached hydrogen (secondary N) is 1. The fourth-order valence-corrected chi connectivity index (χ4v) is 14.1. The Hall–Kier alpha value is -5.79. The van der Waals surface area contributed by atoms with Crippen molar-refractivity contribution in [3.8, 4) is 0 Å². The van der Waals surface area contributed by atoms with E-state index < -0.39 is 81.3 Å². The Morgan fingerprint density at radius 2 is 1.39 bits per heavy atom. The summed E-state index contributed by atoms with van der Waals surface area (Å²) in [5, 5.41) is 9.62. The lowest BCUT2D eigenvalue weighted by atomic mass is 9.72. The molecule has 1 atom stereocenters. The van der Waals surface area contributed by atoms with E-state index in [9.17, 15) is 66.6 Å². The van der Waals surface area contributed by atoms with Gasteiger partial charge in [-0.25, -0.2) is 0 Å². The molecule has 0 saturated heterocycles. The van der Waals surface area contributed by atoms with Crippen molar-refractivity contribution in [1.29, 1.82) is 0 Å². The minimum Gasteiger partial charge on any atom is -0.481 e. The SMILES string of the molecule is Cc1ccc2c(c1)C(C)(C)C(C=CC1=C3C4=C(C(=CC=C5N(CCCCS(=O)(=O)O)c6ccc(NS(=O)(=O)O)cc6C5(C)C)CCC4CC1)c1ccc(C(=O)N(CCCS(=O)(=O)O)CCC(=O)O)cc13)=[N+]2CCCCS(=O)(=O)O. The monoisotopic (exact) mass is 1170 g/mol. The van der Waals surface area contributed by atoms with Crippen molar-refractivity contribution in [1.82, 2.24) is 4.90 Å². The van der Waals surface area contributed by atoms with Gasteiger partial charge in [0.05, 0.1) is 34.8 Å². The number of carbonyl (C=O) groups is 2. The molecule has 2 aliphatic heterocycles. The molecular weight excluding hydrogens is 1100 g/mol. The molecule has 0 bridgehead atoms. The number of hydrogen-bond donors (Lipinski definition) is 6. The summed E-state index contributed by atoms with van der Waals surface area (Å²) in [6, 6.07) is 16.6. The molecule has 0 radical (unpaired) electrons. The number of carboxylic acid groups (broad SMARTS) is 1. The van der Waals surface area contributed by atoms with Crippen molar-refractivity contribution in [3.05, 3.63) is 135 Å². The van der Waals surface area contributed by atoms with Gasteiger partial charge in [-0.3, -0.25) is 32.5 Å². The van der Waals surface area contributed by atoms with Gasteiger partial charge in [0.2, 0.25) is 5.69 Å². The third kappa shape index (κ3) is 13.5. The first-order valence-electron chi connectivity index (χ1n) is 26.3. The number of unbranched alkanes of at least 4 members (excludes halogenated alkanes) is 2. The summed E-state index contributed by atoms with van der Waals surface area (Å²) in [6.45, 7) is 10.8. The van der Waals surface area contributed by atoms with E-state index in [0.29, 0.717) is 38.8 Å². The first-order chi connectivity index (χ1) is 36.8. The molecule has 0 fully saturated rings. The van der Waals surface area contributed by atoms with Crippen molar-refractivity contribution >= 4 is 86.5 Å². The van der Waals surface area contributed by atoms with Gasteiger partial charge in [0, 0.05) is 66.1 Å². The van der Waals surface area contributed by atoms with Crippen LogP contribution in [0.25, 0.3) is 11.1 Å². The second-order valence-corrected chi connectivity index (χ2v) is 28.0. The van der Waals surface area contributed by atoms with Crippen LogP contribution in [0, 0.1) is 12.8 Å². The Morgan fingerprint density at radius 1 is 0.722 bits per heavy atom. The number of nitrogens with zero attached hydrogens (tertiary/aromatic N) is 3. The predicted octanol–water partition coefficient (Wildman–Crippen LogP) is 8.71. The van der Waals surface area contributed by atoms with E-state index in [1.54, 1.807) is 18.2 Å². The van der Waals surface area contributed by atoms with Gasteiger partial charge < -0.3 is 14.9 Å². The lowest BCUT2D eigenvalue weighted by Gasteiger charge is -2.32. The van der Waals surface area contributed by atoms with Crippen LogP contribution < -0.4 is 9.62 Å². The average Bonchev–Trinajstić information content (AvgIpc) is 3.43. The highest BCUT2D eigenvalue weighted by Gasteiger charge is 2.46. The van der Waals surface area contributed by atoms with Crippen LogP contribution in [0.1, 0.15) is 130 Å². The fraction of sp³-hybridized carbons (Fsp3) is 0.446. The van der Waals surface area contributed by atoms with Gasteiger partial charge in [-0.2, -0.15) is 38.2 Å². The van der Waals surface area contributed by atoms with E-state index in [4.69, 9.17) is 0 Å². The third-order valence-corrected chi connectivity index (χ3v) is 18.7. The molecule has 23 heteroatoms. The zero-order chi connectivity index (χ0) is 57.6. The Bertz CT molecular complexity index is 3670. The molecule has 0 aromatic heterocycles. The number of rotatable bonds is 23. The number of allylic oxidation sites excluding steroid dienone is 10. The topological polar surface area (TPSA) is 293 Å². The maximum absolute atomic E-state index is 14.5. The molecule has 2 heterocycles. The number of benzene rings is 3. The van der Waals surface area contributed by atoms with Gasteiger partial charge in [0.15, 0.2) is 5.71 Å². The molecule has 3 aromatic carbocycles. The second-order valence-electron chi connectivity index (χ2n) is 22.1. The van der Waals surface area contributed by atoms with E-state index in [1.807, 2.05) is 45.0 Å². The highest BCUT2D eigenvalue weighted by Crippen LogP contribution is 2.58. The predicted molar refractivity (Wildman–Crippen MR) is 304 cm³/mol. The van der Waals surface area contributed by atoms with Crippen molar-refractivity contribution < 1.29 is 71.2 Å².